The van der Waals surface area contributed by atoms with Gasteiger partial charge in [0.15, 0.2) is 5.78 Å². The van der Waals surface area contributed by atoms with E-state index < -0.39 is 51.4 Å². The number of fused-ring (bicyclic) bond motifs is 2. The highest BCUT2D eigenvalue weighted by Gasteiger charge is 2.52. The Hall–Kier alpha value is -4.24. The number of rotatable bonds is 7. The quantitative estimate of drug-likeness (QED) is 0.128. The van der Waals surface area contributed by atoms with Gasteiger partial charge in [0.2, 0.25) is 5.95 Å². The minimum absolute atomic E-state index is 0.0235. The predicted molar refractivity (Wildman–Crippen MR) is 151 cm³/mol. The smallest absolute Gasteiger partial charge is 0.298 e. The topological polar surface area (TPSA) is 98.8 Å². The largest absolute Gasteiger partial charge is 0.402 e. The predicted octanol–water partition coefficient (Wildman–Crippen LogP) is 4.59. The molecule has 1 unspecified atom stereocenters. The van der Waals surface area contributed by atoms with Gasteiger partial charge in [-0.3, -0.25) is 19.0 Å². The number of ketones is 1. The summed E-state index contributed by atoms with van der Waals surface area (Å²) in [5.41, 5.74) is 0.510. The van der Waals surface area contributed by atoms with Crippen molar-refractivity contribution in [3.05, 3.63) is 89.8 Å². The standard InChI is InChI=1S/C29H26F5N7O2S/c1-39-15-22(14-38-39)44(2,43)41(16-29(32,33)34)20-4-3-18-9-25-24(37-17-40(25)21-5-6-26(31)36-13-21)12-28(18,11-20)27(42)23-10-19(30)7-8-35-23/h5-10,13-15,17,20H,2-4,11-12,16H2,1H3/t20-,28+,44?/m0/s1. The van der Waals surface area contributed by atoms with Crippen LogP contribution in [0.3, 0.4) is 0 Å². The summed E-state index contributed by atoms with van der Waals surface area (Å²) in [7, 11) is -2.16. The van der Waals surface area contributed by atoms with Crippen LogP contribution in [0.4, 0.5) is 22.0 Å². The monoisotopic (exact) mass is 631 g/mol. The Bertz CT molecular complexity index is 1880. The van der Waals surface area contributed by atoms with Crippen LogP contribution in [-0.4, -0.2) is 68.2 Å². The number of hydrogen-bond donors (Lipinski definition) is 0. The van der Waals surface area contributed by atoms with E-state index in [1.165, 1.54) is 41.7 Å². The van der Waals surface area contributed by atoms with Crippen LogP contribution in [0.1, 0.15) is 41.1 Å². The maximum Gasteiger partial charge on any atom is 0.402 e. The Labute approximate surface area is 249 Å². The van der Waals surface area contributed by atoms with Gasteiger partial charge >= 0.3 is 6.18 Å². The van der Waals surface area contributed by atoms with Crippen LogP contribution in [-0.2, 0) is 23.2 Å². The molecule has 0 radical (unpaired) electrons. The second-order valence-electron chi connectivity index (χ2n) is 11.0. The van der Waals surface area contributed by atoms with Crippen molar-refractivity contribution in [3.8, 4) is 5.69 Å². The lowest BCUT2D eigenvalue weighted by Crippen LogP contribution is -2.52. The normalized spacial score (nSPS) is 21.3. The van der Waals surface area contributed by atoms with E-state index in [1.807, 2.05) is 0 Å². The first kappa shape index (κ1) is 29.8. The zero-order valence-electron chi connectivity index (χ0n) is 23.3. The number of aryl methyl sites for hydroxylation is 1. The van der Waals surface area contributed by atoms with Gasteiger partial charge in [0.1, 0.15) is 24.4 Å². The third-order valence-electron chi connectivity index (χ3n) is 8.16. The maximum absolute atomic E-state index is 14.3. The summed E-state index contributed by atoms with van der Waals surface area (Å²) in [6.07, 6.45) is 3.63. The molecule has 0 amide bonds. The van der Waals surface area contributed by atoms with Gasteiger partial charge in [0.05, 0.1) is 49.5 Å². The molecule has 9 nitrogen and oxygen atoms in total. The van der Waals surface area contributed by atoms with Gasteiger partial charge in [-0.25, -0.2) is 22.9 Å². The number of nitrogens with zero attached hydrogens (tertiary/aromatic N) is 7. The van der Waals surface area contributed by atoms with Gasteiger partial charge in [0, 0.05) is 38.0 Å². The Morgan fingerprint density at radius 1 is 1.18 bits per heavy atom. The van der Waals surface area contributed by atoms with E-state index in [1.54, 1.807) is 17.7 Å². The highest BCUT2D eigenvalue weighted by atomic mass is 32.2. The van der Waals surface area contributed by atoms with Crippen molar-refractivity contribution in [1.82, 2.24) is 33.6 Å². The number of allylic oxidation sites excluding steroid dienone is 1. The SMILES string of the molecule is C=S(=O)(c1cnn(C)c1)N(CC(F)(F)F)[C@H]1CCC2=Cc3c(ncn3-c3ccc(F)nc3)C[C@]2(C(=O)c2cc(F)ccn2)C1. The molecule has 2 aliphatic carbocycles. The number of aromatic nitrogens is 6. The number of hydrogen-bond acceptors (Lipinski definition) is 6. The molecule has 0 N–H and O–H groups in total. The highest BCUT2D eigenvalue weighted by Crippen LogP contribution is 2.51. The molecule has 44 heavy (non-hydrogen) atoms. The molecule has 3 atom stereocenters. The Balaban J connectivity index is 1.46. The zero-order valence-corrected chi connectivity index (χ0v) is 24.2. The molecule has 6 rings (SSSR count). The number of Topliss-reactive ketones (excluding diaryl/α,β-unsaturated/α-hetero) is 1. The number of alkyl halides is 3. The fourth-order valence-corrected chi connectivity index (χ4v) is 7.95. The summed E-state index contributed by atoms with van der Waals surface area (Å²) in [6, 6.07) is 3.77. The molecule has 230 valence electrons. The Kier molecular flexibility index (Phi) is 7.27. The molecule has 15 heteroatoms. The molecule has 4 aromatic heterocycles. The van der Waals surface area contributed by atoms with E-state index in [0.717, 1.165) is 22.6 Å². The van der Waals surface area contributed by atoms with Crippen molar-refractivity contribution in [2.24, 2.45) is 12.5 Å². The second-order valence-corrected chi connectivity index (χ2v) is 13.2. The van der Waals surface area contributed by atoms with Crippen LogP contribution in [0.25, 0.3) is 11.8 Å². The number of imidazole rings is 1. The van der Waals surface area contributed by atoms with Crippen molar-refractivity contribution in [3.63, 3.8) is 0 Å². The van der Waals surface area contributed by atoms with Gasteiger partial charge in [-0.05, 0) is 49.4 Å². The molecule has 1 saturated carbocycles. The lowest BCUT2D eigenvalue weighted by molar-refractivity contribution is -0.140. The fraction of sp³-hybridized carbons (Fsp3) is 0.310. The van der Waals surface area contributed by atoms with Gasteiger partial charge in [-0.2, -0.15) is 22.7 Å². The van der Waals surface area contributed by atoms with Crippen molar-refractivity contribution >= 4 is 27.4 Å². The van der Waals surface area contributed by atoms with Crippen LogP contribution >= 0.6 is 0 Å². The fourth-order valence-electron chi connectivity index (χ4n) is 6.13. The molecule has 1 fully saturated rings. The maximum atomic E-state index is 14.3. The summed E-state index contributed by atoms with van der Waals surface area (Å²) in [4.78, 5) is 26.6. The van der Waals surface area contributed by atoms with Gasteiger partial charge < -0.3 is 0 Å². The molecule has 4 aromatic rings. The van der Waals surface area contributed by atoms with E-state index >= 15 is 0 Å². The second kappa shape index (κ2) is 10.7. The highest BCUT2D eigenvalue weighted by molar-refractivity contribution is 7.98. The van der Waals surface area contributed by atoms with E-state index in [0.29, 0.717) is 22.6 Å². The Morgan fingerprint density at radius 3 is 2.64 bits per heavy atom. The van der Waals surface area contributed by atoms with Crippen LogP contribution < -0.4 is 0 Å². The van der Waals surface area contributed by atoms with Crippen molar-refractivity contribution < 1.29 is 31.0 Å². The van der Waals surface area contributed by atoms with E-state index in [4.69, 9.17) is 0 Å². The summed E-state index contributed by atoms with van der Waals surface area (Å²) in [5.74, 6) is 1.78. The van der Waals surface area contributed by atoms with Crippen LogP contribution in [0.15, 0.2) is 65.8 Å². The lowest BCUT2D eigenvalue weighted by Gasteiger charge is -2.47. The summed E-state index contributed by atoms with van der Waals surface area (Å²) in [6.45, 7) is -1.53. The minimum Gasteiger partial charge on any atom is -0.298 e. The number of halogens is 5. The molecule has 0 saturated heterocycles. The first-order valence-corrected chi connectivity index (χ1v) is 15.2. The molecule has 0 spiro atoms. The van der Waals surface area contributed by atoms with E-state index in [9.17, 15) is 31.0 Å². The molecular weight excluding hydrogens is 605 g/mol. The summed E-state index contributed by atoms with van der Waals surface area (Å²) in [5, 5.41) is 3.97. The summed E-state index contributed by atoms with van der Waals surface area (Å²) >= 11 is 0. The molecule has 0 bridgehead atoms. The van der Waals surface area contributed by atoms with Crippen LogP contribution in [0.2, 0.25) is 0 Å². The van der Waals surface area contributed by atoms with Gasteiger partial charge in [0.25, 0.3) is 0 Å². The van der Waals surface area contributed by atoms with E-state index in [2.05, 4.69) is 25.9 Å². The molecule has 0 aliphatic heterocycles. The minimum atomic E-state index is -4.73. The average molecular weight is 632 g/mol. The Morgan fingerprint density at radius 2 is 1.98 bits per heavy atom. The van der Waals surface area contributed by atoms with Crippen LogP contribution in [0.5, 0.6) is 0 Å². The third-order valence-corrected chi connectivity index (χ3v) is 10.3. The molecule has 4 heterocycles. The van der Waals surface area contributed by atoms with Gasteiger partial charge in [-0.1, -0.05) is 5.57 Å². The van der Waals surface area contributed by atoms with Crippen molar-refractivity contribution in [2.75, 3.05) is 6.54 Å². The van der Waals surface area contributed by atoms with E-state index in [-0.39, 0.29) is 36.3 Å². The van der Waals surface area contributed by atoms with Crippen LogP contribution in [0, 0.1) is 17.2 Å². The van der Waals surface area contributed by atoms with Crippen molar-refractivity contribution in [1.29, 1.82) is 0 Å². The molecule has 0 aromatic carbocycles. The van der Waals surface area contributed by atoms with Gasteiger partial charge in [-0.15, -0.1) is 0 Å². The van der Waals surface area contributed by atoms with Crippen molar-refractivity contribution in [2.45, 2.75) is 42.8 Å². The average Bonchev–Trinajstić information content (AvgIpc) is 3.60. The third kappa shape index (κ3) is 5.34. The zero-order chi connectivity index (χ0) is 31.4. The summed E-state index contributed by atoms with van der Waals surface area (Å²) < 4.78 is 87.7. The number of pyridine rings is 2. The first-order chi connectivity index (χ1) is 20.8. The number of carbonyl (C=O) groups excluding carboxylic acids is 1. The number of carbonyl (C=O) groups is 1. The molecule has 2 aliphatic rings. The lowest BCUT2D eigenvalue weighted by atomic mass is 9.61. The first-order valence-electron chi connectivity index (χ1n) is 13.5. The molecular formula is C29H26F5N7O2S.